The van der Waals surface area contributed by atoms with Gasteiger partial charge < -0.3 is 10.6 Å². The molecule has 1 aliphatic heterocycles. The maximum Gasteiger partial charge on any atom is 0.0459 e. The lowest BCUT2D eigenvalue weighted by Gasteiger charge is -2.23. The fraction of sp³-hybridized carbons (Fsp3) is 0.600. The van der Waals surface area contributed by atoms with E-state index in [0.717, 1.165) is 30.5 Å². The van der Waals surface area contributed by atoms with E-state index in [-0.39, 0.29) is 6.04 Å². The molecule has 18 heavy (non-hydrogen) atoms. The van der Waals surface area contributed by atoms with Crippen molar-refractivity contribution in [1.29, 1.82) is 0 Å². The SMILES string of the molecule is CCC1CCN(c2cccc(Cl)c2CC(C)N)C1. The van der Waals surface area contributed by atoms with Gasteiger partial charge >= 0.3 is 0 Å². The normalized spacial score (nSPS) is 21.3. The van der Waals surface area contributed by atoms with Crippen molar-refractivity contribution in [3.05, 3.63) is 28.8 Å². The molecule has 2 rings (SSSR count). The van der Waals surface area contributed by atoms with Gasteiger partial charge in [-0.25, -0.2) is 0 Å². The van der Waals surface area contributed by atoms with Crippen LogP contribution in [-0.4, -0.2) is 19.1 Å². The summed E-state index contributed by atoms with van der Waals surface area (Å²) in [5.74, 6) is 0.826. The Kier molecular flexibility index (Phi) is 4.52. The summed E-state index contributed by atoms with van der Waals surface area (Å²) in [4.78, 5) is 2.47. The van der Waals surface area contributed by atoms with E-state index in [9.17, 15) is 0 Å². The zero-order valence-corrected chi connectivity index (χ0v) is 12.1. The molecule has 3 heteroatoms. The van der Waals surface area contributed by atoms with Gasteiger partial charge in [0, 0.05) is 29.8 Å². The second-order valence-corrected chi connectivity index (χ2v) is 5.84. The lowest BCUT2D eigenvalue weighted by molar-refractivity contribution is 0.569. The Morgan fingerprint density at radius 2 is 2.28 bits per heavy atom. The van der Waals surface area contributed by atoms with Gasteiger partial charge in [-0.05, 0) is 43.4 Å². The van der Waals surface area contributed by atoms with Gasteiger partial charge in [0.15, 0.2) is 0 Å². The van der Waals surface area contributed by atoms with E-state index >= 15 is 0 Å². The maximum absolute atomic E-state index is 6.34. The molecule has 0 aliphatic carbocycles. The molecule has 0 bridgehead atoms. The quantitative estimate of drug-likeness (QED) is 0.904. The Morgan fingerprint density at radius 1 is 1.50 bits per heavy atom. The molecule has 1 aromatic carbocycles. The van der Waals surface area contributed by atoms with Gasteiger partial charge in [0.2, 0.25) is 0 Å². The van der Waals surface area contributed by atoms with E-state index in [0.29, 0.717) is 0 Å². The highest BCUT2D eigenvalue weighted by atomic mass is 35.5. The monoisotopic (exact) mass is 266 g/mol. The third-order valence-electron chi connectivity index (χ3n) is 3.82. The molecule has 100 valence electrons. The van der Waals surface area contributed by atoms with E-state index in [2.05, 4.69) is 17.9 Å². The largest absolute Gasteiger partial charge is 0.371 e. The Morgan fingerprint density at radius 3 is 2.89 bits per heavy atom. The topological polar surface area (TPSA) is 29.3 Å². The van der Waals surface area contributed by atoms with Crippen molar-refractivity contribution in [3.63, 3.8) is 0 Å². The molecule has 0 aromatic heterocycles. The third kappa shape index (κ3) is 2.99. The molecule has 1 aromatic rings. The maximum atomic E-state index is 6.34. The average Bonchev–Trinajstić information content (AvgIpc) is 2.80. The van der Waals surface area contributed by atoms with E-state index in [1.807, 2.05) is 19.1 Å². The summed E-state index contributed by atoms with van der Waals surface area (Å²) in [5, 5.41) is 0.852. The minimum absolute atomic E-state index is 0.147. The second-order valence-electron chi connectivity index (χ2n) is 5.43. The molecule has 0 saturated carbocycles. The van der Waals surface area contributed by atoms with Gasteiger partial charge in [-0.3, -0.25) is 0 Å². The van der Waals surface area contributed by atoms with E-state index < -0.39 is 0 Å². The van der Waals surface area contributed by atoms with Crippen LogP contribution in [0.3, 0.4) is 0 Å². The van der Waals surface area contributed by atoms with Gasteiger partial charge in [0.05, 0.1) is 0 Å². The van der Waals surface area contributed by atoms with Crippen LogP contribution < -0.4 is 10.6 Å². The van der Waals surface area contributed by atoms with Crippen molar-refractivity contribution < 1.29 is 0 Å². The van der Waals surface area contributed by atoms with Crippen LogP contribution in [0.5, 0.6) is 0 Å². The van der Waals surface area contributed by atoms with E-state index in [1.54, 1.807) is 0 Å². The summed E-state index contributed by atoms with van der Waals surface area (Å²) in [6.07, 6.45) is 3.41. The van der Waals surface area contributed by atoms with Crippen LogP contribution in [-0.2, 0) is 6.42 Å². The number of nitrogens with zero attached hydrogens (tertiary/aromatic N) is 1. The van der Waals surface area contributed by atoms with Crippen molar-refractivity contribution in [1.82, 2.24) is 0 Å². The number of anilines is 1. The zero-order valence-electron chi connectivity index (χ0n) is 11.3. The first-order valence-corrected chi connectivity index (χ1v) is 7.27. The van der Waals surface area contributed by atoms with Crippen LogP contribution in [0.1, 0.15) is 32.3 Å². The lowest BCUT2D eigenvalue weighted by Crippen LogP contribution is -2.24. The van der Waals surface area contributed by atoms with Crippen LogP contribution in [0.4, 0.5) is 5.69 Å². The van der Waals surface area contributed by atoms with Gasteiger partial charge in [0.25, 0.3) is 0 Å². The molecular formula is C15H23ClN2. The van der Waals surface area contributed by atoms with Gasteiger partial charge in [-0.2, -0.15) is 0 Å². The smallest absolute Gasteiger partial charge is 0.0459 e. The molecule has 0 spiro atoms. The molecule has 0 radical (unpaired) electrons. The second kappa shape index (κ2) is 5.94. The summed E-state index contributed by atoms with van der Waals surface area (Å²) in [7, 11) is 0. The number of nitrogens with two attached hydrogens (primary N) is 1. The summed E-state index contributed by atoms with van der Waals surface area (Å²) in [5.41, 5.74) is 8.44. The summed E-state index contributed by atoms with van der Waals surface area (Å²) in [6, 6.07) is 6.34. The number of benzene rings is 1. The predicted octanol–water partition coefficient (Wildman–Crippen LogP) is 3.47. The standard InChI is InChI=1S/C15H23ClN2/c1-3-12-7-8-18(10-12)15-6-4-5-14(16)13(15)9-11(2)17/h4-6,11-12H,3,7-10,17H2,1-2H3. The Bertz CT molecular complexity index is 403. The molecule has 2 unspecified atom stereocenters. The van der Waals surface area contributed by atoms with Crippen LogP contribution in [0.25, 0.3) is 0 Å². The number of rotatable bonds is 4. The molecule has 2 atom stereocenters. The highest BCUT2D eigenvalue weighted by Gasteiger charge is 2.23. The van der Waals surface area contributed by atoms with Crippen molar-refractivity contribution in [3.8, 4) is 0 Å². The van der Waals surface area contributed by atoms with Crippen molar-refractivity contribution >= 4 is 17.3 Å². The predicted molar refractivity (Wildman–Crippen MR) is 79.4 cm³/mol. The zero-order chi connectivity index (χ0) is 13.1. The van der Waals surface area contributed by atoms with Crippen LogP contribution in [0.2, 0.25) is 5.02 Å². The van der Waals surface area contributed by atoms with E-state index in [1.165, 1.54) is 24.1 Å². The van der Waals surface area contributed by atoms with Crippen molar-refractivity contribution in [2.24, 2.45) is 11.7 Å². The molecule has 1 heterocycles. The highest BCUT2D eigenvalue weighted by Crippen LogP contribution is 2.32. The van der Waals surface area contributed by atoms with Crippen molar-refractivity contribution in [2.75, 3.05) is 18.0 Å². The number of hydrogen-bond acceptors (Lipinski definition) is 2. The number of hydrogen-bond donors (Lipinski definition) is 1. The fourth-order valence-electron chi connectivity index (χ4n) is 2.75. The molecule has 1 saturated heterocycles. The summed E-state index contributed by atoms with van der Waals surface area (Å²) >= 11 is 6.34. The lowest BCUT2D eigenvalue weighted by atomic mass is 10.0. The summed E-state index contributed by atoms with van der Waals surface area (Å²) in [6.45, 7) is 6.61. The molecule has 2 nitrogen and oxygen atoms in total. The highest BCUT2D eigenvalue weighted by molar-refractivity contribution is 6.31. The van der Waals surface area contributed by atoms with E-state index in [4.69, 9.17) is 17.3 Å². The van der Waals surface area contributed by atoms with Gasteiger partial charge in [0.1, 0.15) is 0 Å². The first-order valence-electron chi connectivity index (χ1n) is 6.89. The fourth-order valence-corrected chi connectivity index (χ4v) is 3.00. The minimum Gasteiger partial charge on any atom is -0.371 e. The van der Waals surface area contributed by atoms with Crippen LogP contribution in [0.15, 0.2) is 18.2 Å². The van der Waals surface area contributed by atoms with Crippen LogP contribution in [0, 0.1) is 5.92 Å². The summed E-state index contributed by atoms with van der Waals surface area (Å²) < 4.78 is 0. The molecule has 1 fully saturated rings. The van der Waals surface area contributed by atoms with Crippen molar-refractivity contribution in [2.45, 2.75) is 39.2 Å². The van der Waals surface area contributed by atoms with Crippen LogP contribution >= 0.6 is 11.6 Å². The van der Waals surface area contributed by atoms with Gasteiger partial charge in [-0.15, -0.1) is 0 Å². The Labute approximate surface area is 115 Å². The Balaban J connectivity index is 2.24. The molecule has 2 N–H and O–H groups in total. The average molecular weight is 267 g/mol. The number of halogens is 1. The molecule has 1 aliphatic rings. The third-order valence-corrected chi connectivity index (χ3v) is 4.18. The minimum atomic E-state index is 0.147. The first-order chi connectivity index (χ1) is 8.61. The Hall–Kier alpha value is -0.730. The van der Waals surface area contributed by atoms with Gasteiger partial charge in [-0.1, -0.05) is 31.0 Å². The first kappa shape index (κ1) is 13.7. The molecule has 0 amide bonds. The molecular weight excluding hydrogens is 244 g/mol.